The summed E-state index contributed by atoms with van der Waals surface area (Å²) in [5.41, 5.74) is 0. The van der Waals surface area contributed by atoms with Gasteiger partial charge >= 0.3 is 0 Å². The lowest BCUT2D eigenvalue weighted by atomic mass is 10.3. The minimum atomic E-state index is -3.19. The molecular formula is C11H18N2O3S. The van der Waals surface area contributed by atoms with Crippen molar-refractivity contribution in [2.75, 3.05) is 32.5 Å². The fraction of sp³-hybridized carbons (Fsp3) is 0.455. The third kappa shape index (κ3) is 6.25. The van der Waals surface area contributed by atoms with Crippen LogP contribution >= 0.6 is 0 Å². The molecule has 0 aliphatic carbocycles. The van der Waals surface area contributed by atoms with Gasteiger partial charge in [-0.2, -0.15) is 0 Å². The predicted molar refractivity (Wildman–Crippen MR) is 67.7 cm³/mol. The van der Waals surface area contributed by atoms with Crippen molar-refractivity contribution < 1.29 is 13.2 Å². The van der Waals surface area contributed by atoms with E-state index < -0.39 is 10.0 Å². The number of sulfonamides is 1. The average molecular weight is 258 g/mol. The Morgan fingerprint density at radius 3 is 2.53 bits per heavy atom. The van der Waals surface area contributed by atoms with Gasteiger partial charge in [0.1, 0.15) is 12.4 Å². The molecule has 0 aromatic heterocycles. The van der Waals surface area contributed by atoms with Gasteiger partial charge in [-0.1, -0.05) is 18.2 Å². The number of rotatable bonds is 8. The fourth-order valence-corrected chi connectivity index (χ4v) is 2.20. The minimum Gasteiger partial charge on any atom is -0.492 e. The highest BCUT2D eigenvalue weighted by Gasteiger charge is 2.07. The topological polar surface area (TPSA) is 67.4 Å². The van der Waals surface area contributed by atoms with E-state index in [1.165, 1.54) is 0 Å². The van der Waals surface area contributed by atoms with Gasteiger partial charge in [-0.05, 0) is 19.2 Å². The van der Waals surface area contributed by atoms with Gasteiger partial charge in [-0.25, -0.2) is 13.1 Å². The Kier molecular flexibility index (Phi) is 5.96. The van der Waals surface area contributed by atoms with Gasteiger partial charge in [-0.15, -0.1) is 0 Å². The van der Waals surface area contributed by atoms with Gasteiger partial charge < -0.3 is 10.1 Å². The Bertz CT molecular complexity index is 406. The van der Waals surface area contributed by atoms with Crippen molar-refractivity contribution in [2.45, 2.75) is 0 Å². The molecule has 0 heterocycles. The zero-order valence-corrected chi connectivity index (χ0v) is 10.7. The molecular weight excluding hydrogens is 240 g/mol. The summed E-state index contributed by atoms with van der Waals surface area (Å²) >= 11 is 0. The molecule has 0 spiro atoms. The van der Waals surface area contributed by atoms with Gasteiger partial charge in [0.15, 0.2) is 0 Å². The van der Waals surface area contributed by atoms with E-state index in [4.69, 9.17) is 4.74 Å². The molecule has 0 aliphatic heterocycles. The lowest BCUT2D eigenvalue weighted by Crippen LogP contribution is -2.33. The van der Waals surface area contributed by atoms with Crippen LogP contribution in [0.25, 0.3) is 0 Å². The highest BCUT2D eigenvalue weighted by molar-refractivity contribution is 7.89. The molecule has 6 heteroatoms. The molecule has 0 bridgehead atoms. The van der Waals surface area contributed by atoms with E-state index in [0.717, 1.165) is 5.75 Å². The van der Waals surface area contributed by atoms with Crippen LogP contribution < -0.4 is 14.8 Å². The van der Waals surface area contributed by atoms with Crippen molar-refractivity contribution in [3.8, 4) is 5.75 Å². The van der Waals surface area contributed by atoms with E-state index in [1.54, 1.807) is 7.05 Å². The molecule has 1 rings (SSSR count). The Labute approximate surface area is 102 Å². The second kappa shape index (κ2) is 7.26. The molecule has 0 amide bonds. The molecule has 2 N–H and O–H groups in total. The molecule has 0 unspecified atom stereocenters. The van der Waals surface area contributed by atoms with Crippen LogP contribution in [0.5, 0.6) is 5.75 Å². The maximum absolute atomic E-state index is 11.4. The normalized spacial score (nSPS) is 11.4. The molecule has 0 saturated carbocycles. The summed E-state index contributed by atoms with van der Waals surface area (Å²) in [5.74, 6) is 0.816. The Hall–Kier alpha value is -1.11. The molecule has 0 fully saturated rings. The monoisotopic (exact) mass is 258 g/mol. The third-order valence-electron chi connectivity index (χ3n) is 2.06. The quantitative estimate of drug-likeness (QED) is 0.654. The Morgan fingerprint density at radius 1 is 1.18 bits per heavy atom. The van der Waals surface area contributed by atoms with Gasteiger partial charge in [0.05, 0.1) is 5.75 Å². The lowest BCUT2D eigenvalue weighted by molar-refractivity contribution is 0.323. The first kappa shape index (κ1) is 14.0. The maximum atomic E-state index is 11.4. The summed E-state index contributed by atoms with van der Waals surface area (Å²) in [7, 11) is -1.47. The van der Waals surface area contributed by atoms with Gasteiger partial charge in [0, 0.05) is 13.1 Å². The van der Waals surface area contributed by atoms with E-state index in [1.807, 2.05) is 30.3 Å². The molecule has 1 aromatic rings. The SMILES string of the molecule is CNCCS(=O)(=O)NCCOc1ccccc1. The largest absolute Gasteiger partial charge is 0.492 e. The minimum absolute atomic E-state index is 0.0782. The molecule has 5 nitrogen and oxygen atoms in total. The van der Waals surface area contributed by atoms with Crippen LogP contribution in [0.15, 0.2) is 30.3 Å². The number of para-hydroxylation sites is 1. The molecule has 1 aromatic carbocycles. The first-order chi connectivity index (χ1) is 8.14. The van der Waals surface area contributed by atoms with Crippen LogP contribution in [0.3, 0.4) is 0 Å². The summed E-state index contributed by atoms with van der Waals surface area (Å²) in [6.45, 7) is 1.04. The van der Waals surface area contributed by atoms with Crippen LogP contribution in [0, 0.1) is 0 Å². The number of hydrogen-bond acceptors (Lipinski definition) is 4. The van der Waals surface area contributed by atoms with Crippen molar-refractivity contribution in [2.24, 2.45) is 0 Å². The predicted octanol–water partition coefficient (Wildman–Crippen LogP) is 0.204. The van der Waals surface area contributed by atoms with E-state index in [9.17, 15) is 8.42 Å². The maximum Gasteiger partial charge on any atom is 0.212 e. The highest BCUT2D eigenvalue weighted by Crippen LogP contribution is 2.07. The number of ether oxygens (including phenoxy) is 1. The van der Waals surface area contributed by atoms with E-state index in [-0.39, 0.29) is 12.3 Å². The van der Waals surface area contributed by atoms with Crippen molar-refractivity contribution in [1.82, 2.24) is 10.0 Å². The van der Waals surface area contributed by atoms with Crippen LogP contribution in [0.2, 0.25) is 0 Å². The summed E-state index contributed by atoms with van der Waals surface area (Å²) in [6, 6.07) is 9.29. The zero-order chi connectivity index (χ0) is 12.6. The lowest BCUT2D eigenvalue weighted by Gasteiger charge is -2.08. The van der Waals surface area contributed by atoms with Crippen LogP contribution in [-0.2, 0) is 10.0 Å². The van der Waals surface area contributed by atoms with Crippen molar-refractivity contribution >= 4 is 10.0 Å². The Balaban J connectivity index is 2.20. The third-order valence-corrected chi connectivity index (χ3v) is 3.44. The number of hydrogen-bond donors (Lipinski definition) is 2. The summed E-state index contributed by atoms with van der Waals surface area (Å²) in [5, 5.41) is 2.79. The van der Waals surface area contributed by atoms with Crippen molar-refractivity contribution in [1.29, 1.82) is 0 Å². The van der Waals surface area contributed by atoms with Crippen molar-refractivity contribution in [3.05, 3.63) is 30.3 Å². The molecule has 0 saturated heterocycles. The molecule has 0 aliphatic rings. The first-order valence-electron chi connectivity index (χ1n) is 5.44. The Morgan fingerprint density at radius 2 is 1.88 bits per heavy atom. The zero-order valence-electron chi connectivity index (χ0n) is 9.85. The fourth-order valence-electron chi connectivity index (χ4n) is 1.19. The van der Waals surface area contributed by atoms with Crippen LogP contribution in [0.1, 0.15) is 0 Å². The summed E-state index contributed by atoms with van der Waals surface area (Å²) in [6.07, 6.45) is 0. The van der Waals surface area contributed by atoms with Crippen molar-refractivity contribution in [3.63, 3.8) is 0 Å². The number of benzene rings is 1. The highest BCUT2D eigenvalue weighted by atomic mass is 32.2. The summed E-state index contributed by atoms with van der Waals surface area (Å²) < 4.78 is 30.6. The molecule has 17 heavy (non-hydrogen) atoms. The van der Waals surface area contributed by atoms with E-state index >= 15 is 0 Å². The van der Waals surface area contributed by atoms with Crippen LogP contribution in [0.4, 0.5) is 0 Å². The van der Waals surface area contributed by atoms with Gasteiger partial charge in [0.2, 0.25) is 10.0 Å². The average Bonchev–Trinajstić information content (AvgIpc) is 2.34. The van der Waals surface area contributed by atoms with Crippen LogP contribution in [-0.4, -0.2) is 40.9 Å². The van der Waals surface area contributed by atoms with Gasteiger partial charge in [0.25, 0.3) is 0 Å². The number of nitrogens with one attached hydrogen (secondary N) is 2. The smallest absolute Gasteiger partial charge is 0.212 e. The molecule has 0 radical (unpaired) electrons. The first-order valence-corrected chi connectivity index (χ1v) is 7.09. The molecule has 0 atom stereocenters. The second-order valence-electron chi connectivity index (χ2n) is 3.48. The van der Waals surface area contributed by atoms with E-state index in [0.29, 0.717) is 13.2 Å². The standard InChI is InChI=1S/C11H18N2O3S/c1-12-8-10-17(14,15)13-7-9-16-11-5-3-2-4-6-11/h2-6,12-13H,7-10H2,1H3. The van der Waals surface area contributed by atoms with Gasteiger partial charge in [-0.3, -0.25) is 0 Å². The molecule has 96 valence electrons. The summed E-state index contributed by atoms with van der Waals surface area (Å²) in [4.78, 5) is 0. The van der Waals surface area contributed by atoms with E-state index in [2.05, 4.69) is 10.0 Å². The second-order valence-corrected chi connectivity index (χ2v) is 5.40.